The number of aliphatic hydroxyl groups is 1. The molecule has 4 nitrogen and oxygen atoms in total. The summed E-state index contributed by atoms with van der Waals surface area (Å²) >= 11 is 1.72. The summed E-state index contributed by atoms with van der Waals surface area (Å²) in [7, 11) is 3.36. The Kier molecular flexibility index (Phi) is 9.60. The minimum Gasteiger partial charge on any atom is -0.493 e. The fourth-order valence-corrected chi connectivity index (χ4v) is 5.72. The molecule has 2 aliphatic heterocycles. The van der Waals surface area contributed by atoms with Crippen LogP contribution >= 0.6 is 11.8 Å². The van der Waals surface area contributed by atoms with Gasteiger partial charge >= 0.3 is 0 Å². The molecule has 1 fully saturated rings. The molecular weight excluding hydrogens is 401 g/mol. The molecule has 2 heterocycles. The van der Waals surface area contributed by atoms with Crippen LogP contribution in [0, 0.1) is 5.92 Å². The zero-order valence-corrected chi connectivity index (χ0v) is 19.4. The Bertz CT molecular complexity index is 660. The summed E-state index contributed by atoms with van der Waals surface area (Å²) in [5, 5.41) is 10.9. The van der Waals surface area contributed by atoms with E-state index >= 15 is 0 Å². The number of thioether (sulfide) groups is 1. The molecule has 0 unspecified atom stereocenters. The molecular formula is C24H38FNO3S. The van der Waals surface area contributed by atoms with Crippen LogP contribution in [0.3, 0.4) is 0 Å². The molecule has 6 heteroatoms. The quantitative estimate of drug-likeness (QED) is 0.463. The molecule has 1 aromatic rings. The Hall–Kier alpha value is -0.980. The van der Waals surface area contributed by atoms with Crippen molar-refractivity contribution in [2.24, 2.45) is 5.92 Å². The zero-order valence-electron chi connectivity index (χ0n) is 18.6. The maximum Gasteiger partial charge on any atom is 0.161 e. The molecule has 170 valence electrons. The number of halogens is 1. The number of piperidine rings is 1. The lowest BCUT2D eigenvalue weighted by Gasteiger charge is -2.46. The number of hydrogen-bond donors (Lipinski definition) is 1. The number of nitrogens with zero attached hydrogens (tertiary/aromatic N) is 1. The summed E-state index contributed by atoms with van der Waals surface area (Å²) in [5.41, 5.74) is 2.62. The molecule has 0 radical (unpaired) electrons. The molecule has 1 N–H and O–H groups in total. The third-order valence-electron chi connectivity index (χ3n) is 6.68. The average Bonchev–Trinajstić information content (AvgIpc) is 2.77. The Labute approximate surface area is 185 Å². The third-order valence-corrected chi connectivity index (χ3v) is 7.70. The van der Waals surface area contributed by atoms with Gasteiger partial charge in [-0.2, -0.15) is 11.8 Å². The molecule has 2 aliphatic rings. The number of hydrogen-bond acceptors (Lipinski definition) is 5. The molecule has 0 amide bonds. The summed E-state index contributed by atoms with van der Waals surface area (Å²) in [6, 6.07) is 4.51. The predicted octanol–water partition coefficient (Wildman–Crippen LogP) is 5.03. The second-order valence-electron chi connectivity index (χ2n) is 8.59. The number of unbranched alkanes of at least 4 members (excludes halogenated alkanes) is 4. The van der Waals surface area contributed by atoms with E-state index in [1.807, 2.05) is 0 Å². The molecule has 3 rings (SSSR count). The van der Waals surface area contributed by atoms with Crippen LogP contribution in [0.25, 0.3) is 0 Å². The molecule has 0 aromatic heterocycles. The third kappa shape index (κ3) is 6.04. The summed E-state index contributed by atoms with van der Waals surface area (Å²) < 4.78 is 23.1. The van der Waals surface area contributed by atoms with Crippen molar-refractivity contribution in [3.05, 3.63) is 23.3 Å². The molecule has 3 atom stereocenters. The van der Waals surface area contributed by atoms with E-state index in [1.54, 1.807) is 26.0 Å². The largest absolute Gasteiger partial charge is 0.493 e. The SMILES string of the molecule is COc1cc2c(cc1OC)[C@H]1C[C@@H](O)[C@H](CCCCCCCSCCF)CN1CC2. The van der Waals surface area contributed by atoms with E-state index in [-0.39, 0.29) is 18.8 Å². The van der Waals surface area contributed by atoms with Gasteiger partial charge in [0.05, 0.1) is 27.0 Å². The van der Waals surface area contributed by atoms with Gasteiger partial charge in [0, 0.05) is 24.9 Å². The Balaban J connectivity index is 1.46. The summed E-state index contributed by atoms with van der Waals surface area (Å²) in [6.45, 7) is 1.83. The first kappa shape index (κ1) is 23.7. The highest BCUT2D eigenvalue weighted by Crippen LogP contribution is 2.43. The van der Waals surface area contributed by atoms with Gasteiger partial charge in [-0.25, -0.2) is 0 Å². The molecule has 1 aromatic carbocycles. The van der Waals surface area contributed by atoms with Gasteiger partial charge in [-0.05, 0) is 60.6 Å². The standard InChI is InChI=1S/C24H38FNO3S/c1-28-23-14-18-9-11-26-17-19(8-6-4-3-5-7-12-30-13-10-25)22(27)16-21(26)20(18)15-24(23)29-2/h14-15,19,21-22,27H,3-13,16-17H2,1-2H3/t19-,21-,22-/m1/s1. The number of aliphatic hydroxyl groups excluding tert-OH is 1. The van der Waals surface area contributed by atoms with Gasteiger partial charge in [0.1, 0.15) is 0 Å². The van der Waals surface area contributed by atoms with Crippen LogP contribution in [-0.2, 0) is 6.42 Å². The van der Waals surface area contributed by atoms with Crippen LogP contribution in [-0.4, -0.2) is 61.6 Å². The van der Waals surface area contributed by atoms with Crippen LogP contribution in [0.4, 0.5) is 4.39 Å². The second kappa shape index (κ2) is 12.2. The van der Waals surface area contributed by atoms with E-state index in [0.717, 1.165) is 49.6 Å². The van der Waals surface area contributed by atoms with Crippen LogP contribution in [0.5, 0.6) is 11.5 Å². The van der Waals surface area contributed by atoms with Crippen LogP contribution in [0.15, 0.2) is 12.1 Å². The predicted molar refractivity (Wildman–Crippen MR) is 123 cm³/mol. The van der Waals surface area contributed by atoms with E-state index in [9.17, 15) is 9.50 Å². The Morgan fingerprint density at radius 2 is 1.80 bits per heavy atom. The summed E-state index contributed by atoms with van der Waals surface area (Å²) in [6.07, 6.45) is 8.82. The van der Waals surface area contributed by atoms with Gasteiger partial charge in [0.2, 0.25) is 0 Å². The number of alkyl halides is 1. The zero-order chi connectivity index (χ0) is 21.3. The number of methoxy groups -OCH3 is 2. The minimum atomic E-state index is -0.234. The molecule has 0 bridgehead atoms. The van der Waals surface area contributed by atoms with Crippen molar-refractivity contribution in [2.45, 2.75) is 63.5 Å². The number of benzene rings is 1. The maximum absolute atomic E-state index is 12.1. The fourth-order valence-electron chi connectivity index (χ4n) is 5.00. The lowest BCUT2D eigenvalue weighted by atomic mass is 9.80. The van der Waals surface area contributed by atoms with E-state index in [0.29, 0.717) is 11.7 Å². The van der Waals surface area contributed by atoms with Crippen molar-refractivity contribution in [1.82, 2.24) is 4.90 Å². The van der Waals surface area contributed by atoms with Gasteiger partial charge < -0.3 is 14.6 Å². The van der Waals surface area contributed by atoms with Gasteiger partial charge in [-0.15, -0.1) is 0 Å². The lowest BCUT2D eigenvalue weighted by Crippen LogP contribution is -2.48. The second-order valence-corrected chi connectivity index (χ2v) is 9.81. The van der Waals surface area contributed by atoms with Crippen molar-refractivity contribution in [3.8, 4) is 11.5 Å². The van der Waals surface area contributed by atoms with Crippen molar-refractivity contribution < 1.29 is 19.0 Å². The van der Waals surface area contributed by atoms with E-state index in [2.05, 4.69) is 17.0 Å². The highest BCUT2D eigenvalue weighted by atomic mass is 32.2. The van der Waals surface area contributed by atoms with Gasteiger partial charge in [-0.1, -0.05) is 25.7 Å². The van der Waals surface area contributed by atoms with E-state index in [1.165, 1.54) is 43.2 Å². The van der Waals surface area contributed by atoms with Gasteiger partial charge in [0.25, 0.3) is 0 Å². The van der Waals surface area contributed by atoms with Crippen molar-refractivity contribution in [1.29, 1.82) is 0 Å². The smallest absolute Gasteiger partial charge is 0.161 e. The van der Waals surface area contributed by atoms with E-state index < -0.39 is 0 Å². The minimum absolute atomic E-state index is 0.209. The molecule has 1 saturated heterocycles. The first-order valence-corrected chi connectivity index (χ1v) is 12.6. The van der Waals surface area contributed by atoms with Crippen molar-refractivity contribution in [2.75, 3.05) is 45.5 Å². The van der Waals surface area contributed by atoms with Crippen molar-refractivity contribution in [3.63, 3.8) is 0 Å². The van der Waals surface area contributed by atoms with Crippen LogP contribution < -0.4 is 9.47 Å². The maximum atomic E-state index is 12.1. The molecule has 30 heavy (non-hydrogen) atoms. The molecule has 0 spiro atoms. The van der Waals surface area contributed by atoms with E-state index in [4.69, 9.17) is 9.47 Å². The van der Waals surface area contributed by atoms with Gasteiger partial charge in [-0.3, -0.25) is 9.29 Å². The lowest BCUT2D eigenvalue weighted by molar-refractivity contribution is -0.0158. The van der Waals surface area contributed by atoms with Crippen LogP contribution in [0.2, 0.25) is 0 Å². The van der Waals surface area contributed by atoms with Crippen molar-refractivity contribution >= 4 is 11.8 Å². The number of ether oxygens (including phenoxy) is 2. The highest BCUT2D eigenvalue weighted by Gasteiger charge is 2.38. The summed E-state index contributed by atoms with van der Waals surface area (Å²) in [4.78, 5) is 2.56. The van der Waals surface area contributed by atoms with Crippen LogP contribution in [0.1, 0.15) is 62.1 Å². The molecule has 0 aliphatic carbocycles. The Morgan fingerprint density at radius 3 is 2.57 bits per heavy atom. The normalized spacial score (nSPS) is 23.7. The number of fused-ring (bicyclic) bond motifs is 3. The van der Waals surface area contributed by atoms with Gasteiger partial charge in [0.15, 0.2) is 11.5 Å². The monoisotopic (exact) mass is 439 g/mol. The molecule has 0 saturated carbocycles. The summed E-state index contributed by atoms with van der Waals surface area (Å²) in [5.74, 6) is 3.67. The average molecular weight is 440 g/mol. The topological polar surface area (TPSA) is 41.9 Å². The number of rotatable bonds is 12. The first-order valence-electron chi connectivity index (χ1n) is 11.5. The highest BCUT2D eigenvalue weighted by molar-refractivity contribution is 7.99. The fraction of sp³-hybridized carbons (Fsp3) is 0.750. The Morgan fingerprint density at radius 1 is 1.07 bits per heavy atom. The first-order chi connectivity index (χ1) is 14.7.